The summed E-state index contributed by atoms with van der Waals surface area (Å²) in [6.07, 6.45) is 3.53. The van der Waals surface area contributed by atoms with E-state index in [4.69, 9.17) is 18.1 Å². The highest BCUT2D eigenvalue weighted by molar-refractivity contribution is 7.61. The molecule has 0 saturated carbocycles. The molecule has 0 radical (unpaired) electrons. The molecule has 10 heteroatoms. The van der Waals surface area contributed by atoms with Gasteiger partial charge in [0.2, 0.25) is 14.7 Å². The van der Waals surface area contributed by atoms with Crippen LogP contribution in [0.4, 0.5) is 0 Å². The molecule has 0 rings (SSSR count). The van der Waals surface area contributed by atoms with Gasteiger partial charge in [-0.05, 0) is 52.4 Å². The van der Waals surface area contributed by atoms with Gasteiger partial charge in [0.05, 0.1) is 13.2 Å². The third-order valence-electron chi connectivity index (χ3n) is 5.71. The molecule has 7 nitrogen and oxygen atoms in total. The van der Waals surface area contributed by atoms with Crippen LogP contribution in [0, 0.1) is 0 Å². The molecule has 0 aliphatic carbocycles. The molecular weight excluding hydrogens is 445 g/mol. The van der Waals surface area contributed by atoms with Crippen LogP contribution in [0.5, 0.6) is 0 Å². The van der Waals surface area contributed by atoms with E-state index in [1.807, 2.05) is 41.5 Å². The molecule has 0 aliphatic heterocycles. The van der Waals surface area contributed by atoms with Crippen molar-refractivity contribution in [2.75, 3.05) is 25.5 Å². The lowest BCUT2D eigenvalue weighted by Gasteiger charge is -2.41. The highest BCUT2D eigenvalue weighted by Gasteiger charge is 2.52. The maximum Gasteiger partial charge on any atom is 0.321 e. The maximum atomic E-state index is 13.7. The van der Waals surface area contributed by atoms with Gasteiger partial charge in [-0.3, -0.25) is 22.7 Å². The smallest absolute Gasteiger partial charge is 0.321 e. The summed E-state index contributed by atoms with van der Waals surface area (Å²) < 4.78 is 64.1. The molecule has 2 atom stereocenters. The van der Waals surface area contributed by atoms with Crippen LogP contribution in [-0.4, -0.2) is 36.2 Å². The molecule has 0 aromatic rings. The average Bonchev–Trinajstić information content (AvgIpc) is 2.70. The summed E-state index contributed by atoms with van der Waals surface area (Å²) in [4.78, 5) is 0. The Labute approximate surface area is 185 Å². The van der Waals surface area contributed by atoms with E-state index in [0.29, 0.717) is 50.8 Å². The topological polar surface area (TPSA) is 88.1 Å². The van der Waals surface area contributed by atoms with E-state index in [1.54, 1.807) is 13.8 Å². The summed E-state index contributed by atoms with van der Waals surface area (Å²) in [5.74, 6) is 0. The van der Waals surface area contributed by atoms with Crippen molar-refractivity contribution in [3.63, 3.8) is 0 Å². The quantitative estimate of drug-likeness (QED) is 0.180. The van der Waals surface area contributed by atoms with Crippen molar-refractivity contribution in [1.82, 2.24) is 0 Å². The Morgan fingerprint density at radius 2 is 0.933 bits per heavy atom. The molecule has 0 N–H and O–H groups in total. The second kappa shape index (κ2) is 13.9. The van der Waals surface area contributed by atoms with Crippen LogP contribution < -0.4 is 0 Å². The average molecular weight is 490 g/mol. The summed E-state index contributed by atoms with van der Waals surface area (Å²) in [7, 11) is -9.62. The van der Waals surface area contributed by atoms with E-state index in [-0.39, 0.29) is 13.2 Å². The molecule has 0 saturated heterocycles. The van der Waals surface area contributed by atoms with E-state index < -0.39 is 33.7 Å². The Morgan fingerprint density at radius 3 is 1.13 bits per heavy atom. The van der Waals surface area contributed by atoms with Crippen LogP contribution in [0.1, 0.15) is 93.9 Å². The Bertz CT molecular complexity index is 531. The summed E-state index contributed by atoms with van der Waals surface area (Å²) in [6.45, 7) is 15.4. The number of rotatable bonds is 18. The SMILES string of the molecule is CCCP(=O)(OCC)C(CC)(CC)O[PH](=O)OC(CC)(CC)P(=O)(CCC)OCC. The third kappa shape index (κ3) is 6.77. The van der Waals surface area contributed by atoms with Crippen LogP contribution in [0.15, 0.2) is 0 Å². The summed E-state index contributed by atoms with van der Waals surface area (Å²) in [5.41, 5.74) is 0. The van der Waals surface area contributed by atoms with Crippen molar-refractivity contribution >= 4 is 23.0 Å². The summed E-state index contributed by atoms with van der Waals surface area (Å²) in [6, 6.07) is 0. The zero-order chi connectivity index (χ0) is 23.5. The maximum absolute atomic E-state index is 13.7. The van der Waals surface area contributed by atoms with Crippen molar-refractivity contribution in [2.45, 2.75) is 105 Å². The van der Waals surface area contributed by atoms with Crippen molar-refractivity contribution in [2.24, 2.45) is 0 Å². The summed E-state index contributed by atoms with van der Waals surface area (Å²) in [5, 5.41) is -2.38. The third-order valence-corrected chi connectivity index (χ3v) is 14.5. The highest BCUT2D eigenvalue weighted by atomic mass is 31.2. The fraction of sp³-hybridized carbons (Fsp3) is 1.00. The van der Waals surface area contributed by atoms with Gasteiger partial charge in [0.25, 0.3) is 0 Å². The number of hydrogen-bond acceptors (Lipinski definition) is 7. The lowest BCUT2D eigenvalue weighted by atomic mass is 10.2. The van der Waals surface area contributed by atoms with Gasteiger partial charge in [-0.2, -0.15) is 0 Å². The normalized spacial score (nSPS) is 18.0. The molecule has 0 amide bonds. The van der Waals surface area contributed by atoms with Crippen molar-refractivity contribution < 1.29 is 31.8 Å². The van der Waals surface area contributed by atoms with Gasteiger partial charge < -0.3 is 9.05 Å². The molecule has 0 aromatic heterocycles. The zero-order valence-electron chi connectivity index (χ0n) is 20.3. The van der Waals surface area contributed by atoms with Gasteiger partial charge >= 0.3 is 8.25 Å². The number of hydrogen-bond donors (Lipinski definition) is 0. The van der Waals surface area contributed by atoms with Gasteiger partial charge in [-0.15, -0.1) is 0 Å². The molecule has 0 bridgehead atoms. The molecule has 0 heterocycles. The van der Waals surface area contributed by atoms with Gasteiger partial charge in [0.15, 0.2) is 10.7 Å². The standard InChI is InChI=1S/C20H45O7P3/c1-9-17-29(22,24-15-7)19(11-3,12-4)26-28(21)27-20(13-5,14-6)30(23,18-10-2)25-16-8/h28H,9-18H2,1-8H3. The molecule has 0 fully saturated rings. The minimum absolute atomic E-state index is 0.286. The first-order valence-corrected chi connectivity index (χ1v) is 16.3. The van der Waals surface area contributed by atoms with Crippen LogP contribution in [0.2, 0.25) is 0 Å². The van der Waals surface area contributed by atoms with E-state index in [1.165, 1.54) is 0 Å². The van der Waals surface area contributed by atoms with Gasteiger partial charge in [0.1, 0.15) is 0 Å². The van der Waals surface area contributed by atoms with Crippen molar-refractivity contribution in [1.29, 1.82) is 0 Å². The molecule has 182 valence electrons. The van der Waals surface area contributed by atoms with E-state index >= 15 is 0 Å². The lowest BCUT2D eigenvalue weighted by molar-refractivity contribution is 0.0593. The fourth-order valence-corrected chi connectivity index (χ4v) is 12.3. The minimum Gasteiger partial charge on any atom is -0.327 e. The minimum atomic E-state index is -3.24. The van der Waals surface area contributed by atoms with Gasteiger partial charge in [-0.1, -0.05) is 41.5 Å². The van der Waals surface area contributed by atoms with Crippen LogP contribution in [-0.2, 0) is 31.8 Å². The lowest BCUT2D eigenvalue weighted by Crippen LogP contribution is -2.34. The first kappa shape index (κ1) is 30.5. The fourth-order valence-electron chi connectivity index (χ4n) is 4.00. The summed E-state index contributed by atoms with van der Waals surface area (Å²) >= 11 is 0. The Hall–Kier alpha value is 0.530. The first-order valence-electron chi connectivity index (χ1n) is 11.5. The van der Waals surface area contributed by atoms with E-state index in [9.17, 15) is 13.7 Å². The Kier molecular flexibility index (Phi) is 14.2. The predicted molar refractivity (Wildman–Crippen MR) is 127 cm³/mol. The van der Waals surface area contributed by atoms with Crippen molar-refractivity contribution in [3.05, 3.63) is 0 Å². The molecule has 0 spiro atoms. The Morgan fingerprint density at radius 1 is 0.633 bits per heavy atom. The molecular formula is C20H45O7P3. The van der Waals surface area contributed by atoms with E-state index in [0.717, 1.165) is 0 Å². The second-order valence-corrected chi connectivity index (χ2v) is 14.0. The predicted octanol–water partition coefficient (Wildman–Crippen LogP) is 7.89. The zero-order valence-corrected chi connectivity index (χ0v) is 23.1. The monoisotopic (exact) mass is 490 g/mol. The second-order valence-electron chi connectivity index (χ2n) is 7.39. The van der Waals surface area contributed by atoms with Gasteiger partial charge in [0, 0.05) is 12.3 Å². The van der Waals surface area contributed by atoms with Gasteiger partial charge in [-0.25, -0.2) is 0 Å². The van der Waals surface area contributed by atoms with Crippen LogP contribution in [0.3, 0.4) is 0 Å². The molecule has 2 unspecified atom stereocenters. The Balaban J connectivity index is 6.05. The highest BCUT2D eigenvalue weighted by Crippen LogP contribution is 2.69. The van der Waals surface area contributed by atoms with Crippen LogP contribution in [0.25, 0.3) is 0 Å². The molecule has 0 aliphatic rings. The molecule has 0 aromatic carbocycles. The van der Waals surface area contributed by atoms with Crippen molar-refractivity contribution in [3.8, 4) is 0 Å². The first-order chi connectivity index (χ1) is 14.1. The van der Waals surface area contributed by atoms with E-state index in [2.05, 4.69) is 0 Å². The van der Waals surface area contributed by atoms with Crippen LogP contribution >= 0.6 is 23.0 Å². The molecule has 30 heavy (non-hydrogen) atoms. The largest absolute Gasteiger partial charge is 0.327 e.